The van der Waals surface area contributed by atoms with Gasteiger partial charge in [0.05, 0.1) is 12.8 Å². The summed E-state index contributed by atoms with van der Waals surface area (Å²) in [4.78, 5) is 31.7. The zero-order valence-corrected chi connectivity index (χ0v) is 23.7. The summed E-state index contributed by atoms with van der Waals surface area (Å²) < 4.78 is 5.16. The number of thioether (sulfide) groups is 1. The van der Waals surface area contributed by atoms with Crippen LogP contribution in [0.1, 0.15) is 21.2 Å². The molecule has 0 saturated carbocycles. The lowest BCUT2D eigenvalue weighted by atomic mass is 10.1. The van der Waals surface area contributed by atoms with Crippen LogP contribution in [0.4, 0.5) is 10.8 Å². The molecular weight excluding hydrogens is 562 g/mol. The second kappa shape index (κ2) is 12.8. The van der Waals surface area contributed by atoms with Crippen molar-refractivity contribution >= 4 is 57.3 Å². The third kappa shape index (κ3) is 6.90. The lowest BCUT2D eigenvalue weighted by Crippen LogP contribution is -2.19. The second-order valence-electron chi connectivity index (χ2n) is 8.65. The fraction of sp³-hybridized carbons (Fsp3) is 0.0645. The molecule has 40 heavy (non-hydrogen) atoms. The fourth-order valence-corrected chi connectivity index (χ4v) is 5.82. The molecule has 1 atom stereocenters. The van der Waals surface area contributed by atoms with Crippen molar-refractivity contribution < 1.29 is 14.3 Å². The molecule has 9 heteroatoms. The van der Waals surface area contributed by atoms with Crippen molar-refractivity contribution in [2.45, 2.75) is 10.1 Å². The van der Waals surface area contributed by atoms with E-state index in [4.69, 9.17) is 16.3 Å². The molecule has 0 fully saturated rings. The van der Waals surface area contributed by atoms with Gasteiger partial charge in [-0.25, -0.2) is 4.98 Å². The molecule has 0 aliphatic heterocycles. The number of benzene rings is 4. The largest absolute Gasteiger partial charge is 0.497 e. The molecule has 2 amide bonds. The maximum atomic E-state index is 13.5. The van der Waals surface area contributed by atoms with Crippen molar-refractivity contribution in [2.75, 3.05) is 17.7 Å². The van der Waals surface area contributed by atoms with E-state index in [1.165, 1.54) is 23.1 Å². The van der Waals surface area contributed by atoms with E-state index in [2.05, 4.69) is 15.6 Å². The van der Waals surface area contributed by atoms with Gasteiger partial charge in [0.25, 0.3) is 5.91 Å². The molecule has 200 valence electrons. The molecule has 5 rings (SSSR count). The minimum Gasteiger partial charge on any atom is -0.497 e. The third-order valence-corrected chi connectivity index (χ3v) is 8.17. The summed E-state index contributed by atoms with van der Waals surface area (Å²) in [5, 5.41) is 8.43. The number of rotatable bonds is 9. The Morgan fingerprint density at radius 1 is 0.900 bits per heavy atom. The number of carbonyl (C=O) groups is 2. The van der Waals surface area contributed by atoms with E-state index in [0.29, 0.717) is 27.2 Å². The standard InChI is InChI=1S/C31H24ClN3O3S2/c1-38-25-16-12-22(13-17-25)29(36)33-24-8-5-9-26(18-24)40-28(21-6-3-2-4-7-21)30(37)35-31-34-27(19-39-31)20-10-14-23(32)15-11-20/h2-19,28H,1H3,(H,33,36)(H,34,35,37). The van der Waals surface area contributed by atoms with E-state index in [1.807, 2.05) is 84.2 Å². The Balaban J connectivity index is 1.32. The molecule has 1 aromatic heterocycles. The van der Waals surface area contributed by atoms with Gasteiger partial charge in [-0.05, 0) is 60.2 Å². The predicted octanol–water partition coefficient (Wildman–Crippen LogP) is 8.20. The van der Waals surface area contributed by atoms with E-state index in [-0.39, 0.29) is 11.8 Å². The van der Waals surface area contributed by atoms with Gasteiger partial charge >= 0.3 is 0 Å². The molecule has 1 heterocycles. The number of halogens is 1. The van der Waals surface area contributed by atoms with E-state index >= 15 is 0 Å². The Morgan fingerprint density at radius 2 is 1.65 bits per heavy atom. The van der Waals surface area contributed by atoms with Crippen LogP contribution in [0.2, 0.25) is 5.02 Å². The summed E-state index contributed by atoms with van der Waals surface area (Å²) in [7, 11) is 1.58. The van der Waals surface area contributed by atoms with Crippen molar-refractivity contribution in [2.24, 2.45) is 0 Å². The Hall–Kier alpha value is -4.11. The maximum absolute atomic E-state index is 13.5. The number of hydrogen-bond donors (Lipinski definition) is 2. The number of nitrogens with zero attached hydrogens (tertiary/aromatic N) is 1. The fourth-order valence-electron chi connectivity index (χ4n) is 3.88. The van der Waals surface area contributed by atoms with Gasteiger partial charge in [-0.2, -0.15) is 0 Å². The van der Waals surface area contributed by atoms with Gasteiger partial charge in [0.1, 0.15) is 11.0 Å². The van der Waals surface area contributed by atoms with Gasteiger partial charge in [0.2, 0.25) is 5.91 Å². The molecule has 4 aromatic carbocycles. The average molecular weight is 586 g/mol. The Kier molecular flexibility index (Phi) is 8.81. The average Bonchev–Trinajstić information content (AvgIpc) is 3.45. The number of nitrogens with one attached hydrogen (secondary N) is 2. The second-order valence-corrected chi connectivity index (χ2v) is 11.1. The van der Waals surface area contributed by atoms with Crippen molar-refractivity contribution in [3.05, 3.63) is 125 Å². The number of carbonyl (C=O) groups excluding carboxylic acids is 2. The molecule has 1 unspecified atom stereocenters. The molecule has 0 aliphatic carbocycles. The highest BCUT2D eigenvalue weighted by atomic mass is 35.5. The quantitative estimate of drug-likeness (QED) is 0.170. The van der Waals surface area contributed by atoms with Gasteiger partial charge in [0.15, 0.2) is 5.13 Å². The first-order valence-corrected chi connectivity index (χ1v) is 14.4. The first kappa shape index (κ1) is 27.5. The van der Waals surface area contributed by atoms with Gasteiger partial charge in [-0.15, -0.1) is 23.1 Å². The third-order valence-electron chi connectivity index (χ3n) is 5.91. The van der Waals surface area contributed by atoms with Crippen molar-refractivity contribution in [1.29, 1.82) is 0 Å². The lowest BCUT2D eigenvalue weighted by molar-refractivity contribution is -0.115. The van der Waals surface area contributed by atoms with Crippen LogP contribution in [0.15, 0.2) is 113 Å². The topological polar surface area (TPSA) is 80.3 Å². The van der Waals surface area contributed by atoms with Crippen LogP contribution in [-0.4, -0.2) is 23.9 Å². The smallest absolute Gasteiger partial charge is 0.255 e. The van der Waals surface area contributed by atoms with Crippen LogP contribution in [0, 0.1) is 0 Å². The van der Waals surface area contributed by atoms with Crippen molar-refractivity contribution in [3.63, 3.8) is 0 Å². The van der Waals surface area contributed by atoms with Crippen molar-refractivity contribution in [1.82, 2.24) is 4.98 Å². The number of methoxy groups -OCH3 is 1. The Morgan fingerprint density at radius 3 is 2.38 bits per heavy atom. The summed E-state index contributed by atoms with van der Waals surface area (Å²) in [6, 6.07) is 31.3. The number of hydrogen-bond acceptors (Lipinski definition) is 6. The predicted molar refractivity (Wildman–Crippen MR) is 164 cm³/mol. The van der Waals surface area contributed by atoms with E-state index in [9.17, 15) is 9.59 Å². The molecule has 6 nitrogen and oxygen atoms in total. The molecular formula is C31H24ClN3O3S2. The molecule has 2 N–H and O–H groups in total. The van der Waals surface area contributed by atoms with Crippen LogP contribution < -0.4 is 15.4 Å². The maximum Gasteiger partial charge on any atom is 0.255 e. The van der Waals surface area contributed by atoms with Crippen LogP contribution in [0.25, 0.3) is 11.3 Å². The van der Waals surface area contributed by atoms with E-state index in [1.54, 1.807) is 31.4 Å². The minimum atomic E-state index is -0.545. The van der Waals surface area contributed by atoms with Gasteiger partial charge in [-0.3, -0.25) is 9.59 Å². The zero-order valence-electron chi connectivity index (χ0n) is 21.3. The van der Waals surface area contributed by atoms with Gasteiger partial charge in [0, 0.05) is 32.1 Å². The summed E-state index contributed by atoms with van der Waals surface area (Å²) >= 11 is 8.77. The van der Waals surface area contributed by atoms with Gasteiger partial charge in [-0.1, -0.05) is 60.1 Å². The first-order chi connectivity index (χ1) is 19.5. The number of thiazole rings is 1. The molecule has 0 bridgehead atoms. The summed E-state index contributed by atoms with van der Waals surface area (Å²) in [5.41, 5.74) is 3.68. The minimum absolute atomic E-state index is 0.194. The van der Waals surface area contributed by atoms with Crippen LogP contribution >= 0.6 is 34.7 Å². The highest BCUT2D eigenvalue weighted by Crippen LogP contribution is 2.38. The van der Waals surface area contributed by atoms with E-state index in [0.717, 1.165) is 21.7 Å². The molecule has 0 radical (unpaired) electrons. The van der Waals surface area contributed by atoms with E-state index < -0.39 is 5.25 Å². The molecule has 5 aromatic rings. The van der Waals surface area contributed by atoms with Crippen LogP contribution in [0.3, 0.4) is 0 Å². The molecule has 0 saturated heterocycles. The molecule has 0 spiro atoms. The summed E-state index contributed by atoms with van der Waals surface area (Å²) in [5.74, 6) is 0.252. The monoisotopic (exact) mass is 585 g/mol. The van der Waals surface area contributed by atoms with Crippen LogP contribution in [-0.2, 0) is 4.79 Å². The Bertz CT molecular complexity index is 1610. The first-order valence-electron chi connectivity index (χ1n) is 12.3. The highest BCUT2D eigenvalue weighted by molar-refractivity contribution is 8.00. The van der Waals surface area contributed by atoms with Crippen molar-refractivity contribution in [3.8, 4) is 17.0 Å². The molecule has 0 aliphatic rings. The number of amides is 2. The number of ether oxygens (including phenoxy) is 1. The Labute approximate surface area is 245 Å². The summed E-state index contributed by atoms with van der Waals surface area (Å²) in [6.45, 7) is 0. The SMILES string of the molecule is COc1ccc(C(=O)Nc2cccc(SC(C(=O)Nc3nc(-c4ccc(Cl)cc4)cs3)c3ccccc3)c2)cc1. The zero-order chi connectivity index (χ0) is 27.9. The number of aromatic nitrogens is 1. The van der Waals surface area contributed by atoms with Gasteiger partial charge < -0.3 is 15.4 Å². The lowest BCUT2D eigenvalue weighted by Gasteiger charge is -2.17. The number of anilines is 2. The van der Waals surface area contributed by atoms with Crippen LogP contribution in [0.5, 0.6) is 5.75 Å². The normalized spacial score (nSPS) is 11.4. The highest BCUT2D eigenvalue weighted by Gasteiger charge is 2.23. The summed E-state index contributed by atoms with van der Waals surface area (Å²) in [6.07, 6.45) is 0.